The molecule has 0 radical (unpaired) electrons. The number of hydrogen-bond acceptors (Lipinski definition) is 3. The molecule has 0 spiro atoms. The van der Waals surface area contributed by atoms with Crippen LogP contribution in [0.3, 0.4) is 0 Å². The predicted octanol–water partition coefficient (Wildman–Crippen LogP) is 3.90. The van der Waals surface area contributed by atoms with Crippen molar-refractivity contribution in [3.05, 3.63) is 58.9 Å². The highest BCUT2D eigenvalue weighted by Gasteiger charge is 2.03. The zero-order valence-electron chi connectivity index (χ0n) is 8.93. The van der Waals surface area contributed by atoms with E-state index >= 15 is 0 Å². The number of aromatic nitrogens is 1. The zero-order valence-corrected chi connectivity index (χ0v) is 10.5. The molecule has 84 valence electrons. The van der Waals surface area contributed by atoms with Gasteiger partial charge < -0.3 is 0 Å². The van der Waals surface area contributed by atoms with Gasteiger partial charge in [-0.05, 0) is 29.8 Å². The van der Waals surface area contributed by atoms with E-state index in [1.807, 2.05) is 36.4 Å². The van der Waals surface area contributed by atoms with E-state index in [1.165, 1.54) is 0 Å². The molecule has 0 aliphatic heterocycles. The van der Waals surface area contributed by atoms with E-state index in [-0.39, 0.29) is 0 Å². The van der Waals surface area contributed by atoms with Crippen molar-refractivity contribution in [2.24, 2.45) is 0 Å². The number of thioether (sulfide) groups is 1. The van der Waals surface area contributed by atoms with E-state index in [0.717, 1.165) is 21.2 Å². The van der Waals surface area contributed by atoms with Crippen molar-refractivity contribution in [2.75, 3.05) is 0 Å². The molecule has 1 aromatic heterocycles. The first-order valence-corrected chi connectivity index (χ1v) is 6.38. The number of benzene rings is 1. The molecular formula is C13H9ClN2S. The van der Waals surface area contributed by atoms with Crippen LogP contribution < -0.4 is 0 Å². The molecule has 1 heterocycles. The van der Waals surface area contributed by atoms with Crippen molar-refractivity contribution in [1.29, 1.82) is 5.26 Å². The molecule has 0 atom stereocenters. The number of nitrogens with zero attached hydrogens (tertiary/aromatic N) is 2. The molecular weight excluding hydrogens is 252 g/mol. The summed E-state index contributed by atoms with van der Waals surface area (Å²) in [4.78, 5) is 5.11. The van der Waals surface area contributed by atoms with Gasteiger partial charge in [-0.2, -0.15) is 5.26 Å². The van der Waals surface area contributed by atoms with Crippen LogP contribution in [0.15, 0.2) is 47.5 Å². The Hall–Kier alpha value is -1.50. The van der Waals surface area contributed by atoms with Crippen LogP contribution in [0.1, 0.15) is 11.3 Å². The highest BCUT2D eigenvalue weighted by atomic mass is 35.5. The van der Waals surface area contributed by atoms with Crippen LogP contribution in [-0.2, 0) is 5.75 Å². The average Bonchev–Trinajstić information content (AvgIpc) is 2.37. The van der Waals surface area contributed by atoms with Gasteiger partial charge in [0.05, 0.1) is 0 Å². The fourth-order valence-corrected chi connectivity index (χ4v) is 2.57. The van der Waals surface area contributed by atoms with Crippen molar-refractivity contribution in [2.45, 2.75) is 10.6 Å². The number of pyridine rings is 1. The summed E-state index contributed by atoms with van der Waals surface area (Å²) in [7, 11) is 0. The Morgan fingerprint density at radius 1 is 1.29 bits per heavy atom. The van der Waals surface area contributed by atoms with Crippen LogP contribution in [0.4, 0.5) is 0 Å². The maximum absolute atomic E-state index is 8.92. The van der Waals surface area contributed by atoms with Crippen LogP contribution in [0, 0.1) is 11.3 Å². The third-order valence-electron chi connectivity index (χ3n) is 2.19. The second kappa shape index (κ2) is 5.72. The molecule has 0 amide bonds. The summed E-state index contributed by atoms with van der Waals surface area (Å²) in [5.41, 5.74) is 1.43. The van der Waals surface area contributed by atoms with E-state index in [9.17, 15) is 0 Å². The van der Waals surface area contributed by atoms with Crippen LogP contribution in [-0.4, -0.2) is 4.98 Å². The number of rotatable bonds is 3. The summed E-state index contributed by atoms with van der Waals surface area (Å²) in [6, 6.07) is 13.5. The number of hydrogen-bond donors (Lipinski definition) is 0. The molecule has 0 N–H and O–H groups in total. The van der Waals surface area contributed by atoms with Crippen LogP contribution in [0.25, 0.3) is 0 Å². The lowest BCUT2D eigenvalue weighted by Gasteiger charge is -2.03. The third-order valence-corrected chi connectivity index (χ3v) is 3.47. The SMILES string of the molecule is N#Cc1ncccc1CSc1cccc(Cl)c1. The Morgan fingerprint density at radius 2 is 2.18 bits per heavy atom. The molecule has 0 unspecified atom stereocenters. The van der Waals surface area contributed by atoms with Gasteiger partial charge >= 0.3 is 0 Å². The summed E-state index contributed by atoms with van der Waals surface area (Å²) in [5, 5.41) is 9.64. The molecule has 0 saturated heterocycles. The van der Waals surface area contributed by atoms with Crippen molar-refractivity contribution in [1.82, 2.24) is 4.98 Å². The minimum absolute atomic E-state index is 0.488. The Balaban J connectivity index is 2.10. The normalized spacial score (nSPS) is 9.88. The lowest BCUT2D eigenvalue weighted by molar-refractivity contribution is 1.19. The molecule has 2 aromatic rings. The van der Waals surface area contributed by atoms with E-state index in [1.54, 1.807) is 18.0 Å². The zero-order chi connectivity index (χ0) is 12.1. The van der Waals surface area contributed by atoms with Crippen molar-refractivity contribution in [3.63, 3.8) is 0 Å². The first-order chi connectivity index (χ1) is 8.29. The van der Waals surface area contributed by atoms with Crippen molar-refractivity contribution in [3.8, 4) is 6.07 Å². The summed E-state index contributed by atoms with van der Waals surface area (Å²) >= 11 is 7.55. The second-order valence-electron chi connectivity index (χ2n) is 3.37. The molecule has 0 aliphatic rings. The highest BCUT2D eigenvalue weighted by Crippen LogP contribution is 2.25. The van der Waals surface area contributed by atoms with Gasteiger partial charge in [0.25, 0.3) is 0 Å². The van der Waals surface area contributed by atoms with Gasteiger partial charge in [-0.15, -0.1) is 11.8 Å². The summed E-state index contributed by atoms with van der Waals surface area (Å²) in [6.45, 7) is 0. The monoisotopic (exact) mass is 260 g/mol. The van der Waals surface area contributed by atoms with Crippen LogP contribution >= 0.6 is 23.4 Å². The minimum atomic E-state index is 0.488. The largest absolute Gasteiger partial charge is 0.245 e. The maximum atomic E-state index is 8.92. The minimum Gasteiger partial charge on any atom is -0.245 e. The van der Waals surface area contributed by atoms with Crippen LogP contribution in [0.2, 0.25) is 5.02 Å². The summed E-state index contributed by atoms with van der Waals surface area (Å²) in [6.07, 6.45) is 1.63. The maximum Gasteiger partial charge on any atom is 0.144 e. The Morgan fingerprint density at radius 3 is 2.94 bits per heavy atom. The van der Waals surface area contributed by atoms with Crippen LogP contribution in [0.5, 0.6) is 0 Å². The fourth-order valence-electron chi connectivity index (χ4n) is 1.37. The van der Waals surface area contributed by atoms with E-state index in [4.69, 9.17) is 16.9 Å². The molecule has 2 rings (SSSR count). The van der Waals surface area contributed by atoms with E-state index < -0.39 is 0 Å². The quantitative estimate of drug-likeness (QED) is 0.786. The molecule has 0 saturated carbocycles. The van der Waals surface area contributed by atoms with Gasteiger partial charge in [-0.1, -0.05) is 23.7 Å². The molecule has 0 bridgehead atoms. The molecule has 1 aromatic carbocycles. The molecule has 17 heavy (non-hydrogen) atoms. The van der Waals surface area contributed by atoms with Crippen molar-refractivity contribution < 1.29 is 0 Å². The van der Waals surface area contributed by atoms with Gasteiger partial charge in [-0.3, -0.25) is 0 Å². The third kappa shape index (κ3) is 3.23. The summed E-state index contributed by atoms with van der Waals surface area (Å²) in [5.74, 6) is 0.719. The Labute approximate surface area is 109 Å². The summed E-state index contributed by atoms with van der Waals surface area (Å²) < 4.78 is 0. The smallest absolute Gasteiger partial charge is 0.144 e. The molecule has 0 aliphatic carbocycles. The topological polar surface area (TPSA) is 36.7 Å². The molecule has 4 heteroatoms. The first-order valence-electron chi connectivity index (χ1n) is 5.02. The van der Waals surface area contributed by atoms with Gasteiger partial charge in [0, 0.05) is 21.9 Å². The van der Waals surface area contributed by atoms with E-state index in [2.05, 4.69) is 11.1 Å². The predicted molar refractivity (Wildman–Crippen MR) is 70.0 cm³/mol. The first kappa shape index (κ1) is 12.0. The number of nitriles is 1. The lowest BCUT2D eigenvalue weighted by atomic mass is 10.2. The van der Waals surface area contributed by atoms with E-state index in [0.29, 0.717) is 5.69 Å². The molecule has 2 nitrogen and oxygen atoms in total. The average molecular weight is 261 g/mol. The number of halogens is 1. The Kier molecular flexibility index (Phi) is 4.03. The van der Waals surface area contributed by atoms with Gasteiger partial charge in [0.15, 0.2) is 0 Å². The second-order valence-corrected chi connectivity index (χ2v) is 4.85. The fraction of sp³-hybridized carbons (Fsp3) is 0.0769. The lowest BCUT2D eigenvalue weighted by Crippen LogP contribution is -1.90. The van der Waals surface area contributed by atoms with Crippen molar-refractivity contribution >= 4 is 23.4 Å². The highest BCUT2D eigenvalue weighted by molar-refractivity contribution is 7.98. The standard InChI is InChI=1S/C13H9ClN2S/c14-11-4-1-5-12(7-11)17-9-10-3-2-6-16-13(10)8-15/h1-7H,9H2. The van der Waals surface area contributed by atoms with Gasteiger partial charge in [0.2, 0.25) is 0 Å². The van der Waals surface area contributed by atoms with Gasteiger partial charge in [0.1, 0.15) is 11.8 Å². The Bertz CT molecular complexity index is 563. The van der Waals surface area contributed by atoms with Gasteiger partial charge in [-0.25, -0.2) is 4.98 Å². The molecule has 0 fully saturated rings.